The summed E-state index contributed by atoms with van der Waals surface area (Å²) < 4.78 is 27.4. The molecule has 1 aliphatic heterocycles. The topological polar surface area (TPSA) is 95.6 Å². The van der Waals surface area contributed by atoms with Gasteiger partial charge in [0.15, 0.2) is 0 Å². The number of rotatable bonds is 7. The number of piperidine rings is 1. The van der Waals surface area contributed by atoms with Gasteiger partial charge in [0.2, 0.25) is 21.8 Å². The monoisotopic (exact) mass is 423 g/mol. The zero-order valence-corrected chi connectivity index (χ0v) is 18.8. The van der Waals surface area contributed by atoms with Crippen molar-refractivity contribution in [2.75, 3.05) is 13.1 Å². The lowest BCUT2D eigenvalue weighted by atomic mass is 9.97. The van der Waals surface area contributed by atoms with E-state index in [0.717, 1.165) is 17.5 Å². The van der Waals surface area contributed by atoms with Crippen molar-refractivity contribution < 1.29 is 18.0 Å². The van der Waals surface area contributed by atoms with Crippen molar-refractivity contribution >= 4 is 21.8 Å². The Morgan fingerprint density at radius 3 is 2.31 bits per heavy atom. The lowest BCUT2D eigenvalue weighted by molar-refractivity contribution is -0.131. The van der Waals surface area contributed by atoms with Crippen molar-refractivity contribution in [2.45, 2.75) is 70.9 Å². The smallest absolute Gasteiger partial charge is 0.243 e. The molecular weight excluding hydrogens is 390 g/mol. The van der Waals surface area contributed by atoms with Crippen molar-refractivity contribution in [3.63, 3.8) is 0 Å². The van der Waals surface area contributed by atoms with E-state index in [4.69, 9.17) is 0 Å². The first kappa shape index (κ1) is 23.3. The van der Waals surface area contributed by atoms with Gasteiger partial charge in [-0.1, -0.05) is 24.6 Å². The Hall–Kier alpha value is -1.93. The van der Waals surface area contributed by atoms with Crippen LogP contribution in [0.3, 0.4) is 0 Å². The average Bonchev–Trinajstić information content (AvgIpc) is 2.67. The second kappa shape index (κ2) is 9.71. The number of amides is 2. The van der Waals surface area contributed by atoms with Crippen LogP contribution in [0.1, 0.15) is 51.2 Å². The van der Waals surface area contributed by atoms with Gasteiger partial charge in [-0.3, -0.25) is 9.59 Å². The van der Waals surface area contributed by atoms with Gasteiger partial charge in [0, 0.05) is 25.0 Å². The van der Waals surface area contributed by atoms with Gasteiger partial charge in [-0.2, -0.15) is 4.31 Å². The summed E-state index contributed by atoms with van der Waals surface area (Å²) in [6, 6.07) is 4.75. The van der Waals surface area contributed by atoms with E-state index >= 15 is 0 Å². The fourth-order valence-electron chi connectivity index (χ4n) is 3.45. The molecule has 2 atom stereocenters. The molecule has 1 aromatic rings. The van der Waals surface area contributed by atoms with E-state index in [9.17, 15) is 18.0 Å². The molecule has 1 aliphatic rings. The quantitative estimate of drug-likeness (QED) is 0.702. The number of benzene rings is 1. The van der Waals surface area contributed by atoms with Gasteiger partial charge in [-0.05, 0) is 58.6 Å². The largest absolute Gasteiger partial charge is 0.352 e. The summed E-state index contributed by atoms with van der Waals surface area (Å²) >= 11 is 0. The molecule has 7 nitrogen and oxygen atoms in total. The SMILES string of the molecule is CCC(C)NC(=O)C(C)NC(=O)C1CCN(S(=O)(=O)c2ccc(C)cc2C)CC1. The van der Waals surface area contributed by atoms with Crippen molar-refractivity contribution in [3.05, 3.63) is 29.3 Å². The third kappa shape index (κ3) is 5.79. The number of nitrogens with one attached hydrogen (secondary N) is 2. The van der Waals surface area contributed by atoms with Gasteiger partial charge >= 0.3 is 0 Å². The van der Waals surface area contributed by atoms with Crippen molar-refractivity contribution in [2.24, 2.45) is 5.92 Å². The zero-order chi connectivity index (χ0) is 21.8. The highest BCUT2D eigenvalue weighted by atomic mass is 32.2. The number of hydrogen-bond acceptors (Lipinski definition) is 4. The minimum absolute atomic E-state index is 0.0560. The molecule has 0 saturated carbocycles. The van der Waals surface area contributed by atoms with Gasteiger partial charge in [-0.15, -0.1) is 0 Å². The first-order valence-electron chi connectivity index (χ1n) is 10.2. The van der Waals surface area contributed by atoms with Crippen LogP contribution in [0.15, 0.2) is 23.1 Å². The summed E-state index contributed by atoms with van der Waals surface area (Å²) in [4.78, 5) is 25.0. The molecule has 2 N–H and O–H groups in total. The minimum atomic E-state index is -3.57. The molecule has 29 heavy (non-hydrogen) atoms. The van der Waals surface area contributed by atoms with E-state index in [2.05, 4.69) is 10.6 Å². The van der Waals surface area contributed by atoms with Gasteiger partial charge in [0.05, 0.1) is 4.90 Å². The summed E-state index contributed by atoms with van der Waals surface area (Å²) in [6.07, 6.45) is 1.70. The van der Waals surface area contributed by atoms with Gasteiger partial charge in [0.25, 0.3) is 0 Å². The second-order valence-corrected chi connectivity index (χ2v) is 9.90. The summed E-state index contributed by atoms with van der Waals surface area (Å²) in [6.45, 7) is 9.87. The number of carbonyl (C=O) groups is 2. The Morgan fingerprint density at radius 2 is 1.76 bits per heavy atom. The van der Waals surface area contributed by atoms with Crippen LogP contribution < -0.4 is 10.6 Å². The molecule has 1 aromatic carbocycles. The molecule has 2 unspecified atom stereocenters. The molecule has 1 heterocycles. The van der Waals surface area contributed by atoms with E-state index in [1.807, 2.05) is 26.8 Å². The molecule has 162 valence electrons. The molecular formula is C21H33N3O4S. The standard InChI is InChI=1S/C21H33N3O4S/c1-6-16(4)22-20(25)17(5)23-21(26)18-9-11-24(12-10-18)29(27,28)19-8-7-14(2)13-15(19)3/h7-8,13,16-18H,6,9-12H2,1-5H3,(H,22,25)(H,23,26). The van der Waals surface area contributed by atoms with Crippen molar-refractivity contribution in [3.8, 4) is 0 Å². The molecule has 1 fully saturated rings. The predicted octanol–water partition coefficient (Wildman–Crippen LogP) is 2.12. The molecule has 2 amide bonds. The van der Waals surface area contributed by atoms with Gasteiger partial charge in [-0.25, -0.2) is 8.42 Å². The molecule has 2 rings (SSSR count). The third-order valence-corrected chi connectivity index (χ3v) is 7.58. The van der Waals surface area contributed by atoms with Crippen LogP contribution in [0.5, 0.6) is 0 Å². The van der Waals surface area contributed by atoms with E-state index in [0.29, 0.717) is 30.8 Å². The predicted molar refractivity (Wildman–Crippen MR) is 113 cm³/mol. The summed E-state index contributed by atoms with van der Waals surface area (Å²) in [5, 5.41) is 5.61. The normalized spacial score (nSPS) is 18.1. The second-order valence-electron chi connectivity index (χ2n) is 8.00. The maximum atomic E-state index is 13.0. The van der Waals surface area contributed by atoms with Crippen LogP contribution in [-0.4, -0.2) is 49.7 Å². The summed E-state index contributed by atoms with van der Waals surface area (Å²) in [7, 11) is -3.57. The Bertz CT molecular complexity index is 845. The minimum Gasteiger partial charge on any atom is -0.352 e. The maximum Gasteiger partial charge on any atom is 0.243 e. The van der Waals surface area contributed by atoms with Crippen LogP contribution in [0, 0.1) is 19.8 Å². The van der Waals surface area contributed by atoms with Crippen LogP contribution in [0.25, 0.3) is 0 Å². The molecule has 0 bridgehead atoms. The first-order valence-corrected chi connectivity index (χ1v) is 11.7. The van der Waals surface area contributed by atoms with E-state index in [-0.39, 0.29) is 23.8 Å². The highest BCUT2D eigenvalue weighted by molar-refractivity contribution is 7.89. The Balaban J connectivity index is 1.94. The molecule has 8 heteroatoms. The van der Waals surface area contributed by atoms with Crippen molar-refractivity contribution in [1.29, 1.82) is 0 Å². The molecule has 1 saturated heterocycles. The molecule has 0 aliphatic carbocycles. The number of carbonyl (C=O) groups excluding carboxylic acids is 2. The van der Waals surface area contributed by atoms with E-state index in [1.165, 1.54) is 4.31 Å². The molecule has 0 radical (unpaired) electrons. The van der Waals surface area contributed by atoms with E-state index in [1.54, 1.807) is 26.0 Å². The number of nitrogens with zero attached hydrogens (tertiary/aromatic N) is 1. The van der Waals surface area contributed by atoms with Crippen LogP contribution in [-0.2, 0) is 19.6 Å². The fraction of sp³-hybridized carbons (Fsp3) is 0.619. The highest BCUT2D eigenvalue weighted by Gasteiger charge is 2.33. The van der Waals surface area contributed by atoms with Crippen molar-refractivity contribution in [1.82, 2.24) is 14.9 Å². The van der Waals surface area contributed by atoms with Crippen LogP contribution in [0.2, 0.25) is 0 Å². The number of hydrogen-bond donors (Lipinski definition) is 2. The molecule has 0 aromatic heterocycles. The van der Waals surface area contributed by atoms with Crippen LogP contribution in [0.4, 0.5) is 0 Å². The van der Waals surface area contributed by atoms with Crippen LogP contribution >= 0.6 is 0 Å². The number of sulfonamides is 1. The summed E-state index contributed by atoms with van der Waals surface area (Å²) in [5.41, 5.74) is 1.74. The third-order valence-electron chi connectivity index (χ3n) is 5.53. The lowest BCUT2D eigenvalue weighted by Gasteiger charge is -2.31. The van der Waals surface area contributed by atoms with E-state index < -0.39 is 16.1 Å². The summed E-state index contributed by atoms with van der Waals surface area (Å²) in [5.74, 6) is -0.692. The Morgan fingerprint density at radius 1 is 1.14 bits per heavy atom. The first-order chi connectivity index (χ1) is 13.6. The number of aryl methyl sites for hydroxylation is 2. The maximum absolute atomic E-state index is 13.0. The average molecular weight is 424 g/mol. The Labute approximate surface area is 174 Å². The van der Waals surface area contributed by atoms with Gasteiger partial charge < -0.3 is 10.6 Å². The lowest BCUT2D eigenvalue weighted by Crippen LogP contribution is -2.50. The highest BCUT2D eigenvalue weighted by Crippen LogP contribution is 2.26. The molecule has 0 spiro atoms. The fourth-order valence-corrected chi connectivity index (χ4v) is 5.13. The van der Waals surface area contributed by atoms with Gasteiger partial charge in [0.1, 0.15) is 6.04 Å². The Kier molecular flexibility index (Phi) is 7.82. The zero-order valence-electron chi connectivity index (χ0n) is 18.0.